The van der Waals surface area contributed by atoms with Gasteiger partial charge in [-0.3, -0.25) is 4.90 Å². The van der Waals surface area contributed by atoms with Gasteiger partial charge in [-0.15, -0.1) is 0 Å². The van der Waals surface area contributed by atoms with Crippen LogP contribution in [0.2, 0.25) is 0 Å². The first-order chi connectivity index (χ1) is 8.06. The maximum atomic E-state index is 5.95. The summed E-state index contributed by atoms with van der Waals surface area (Å²) in [5.41, 5.74) is 0. The summed E-state index contributed by atoms with van der Waals surface area (Å²) in [5.74, 6) is 0.716. The van der Waals surface area contributed by atoms with Gasteiger partial charge in [0.2, 0.25) is 0 Å². The first kappa shape index (κ1) is 13.3. The standard InChI is InChI=1S/C14H28N2O/c1-10(2)14-9-16(11(3)7-15-14)8-13-6-5-12(4)17-13/h10-15H,5-9H2,1-4H3. The smallest absolute Gasteiger partial charge is 0.0706 e. The monoisotopic (exact) mass is 240 g/mol. The second-order valence-electron chi connectivity index (χ2n) is 6.21. The first-order valence-electron chi connectivity index (χ1n) is 7.19. The molecule has 0 aromatic rings. The quantitative estimate of drug-likeness (QED) is 0.815. The molecule has 17 heavy (non-hydrogen) atoms. The highest BCUT2D eigenvalue weighted by atomic mass is 16.5. The van der Waals surface area contributed by atoms with E-state index in [2.05, 4.69) is 37.9 Å². The van der Waals surface area contributed by atoms with E-state index < -0.39 is 0 Å². The Balaban J connectivity index is 1.85. The average molecular weight is 240 g/mol. The number of piperazine rings is 1. The highest BCUT2D eigenvalue weighted by molar-refractivity contribution is 4.87. The van der Waals surface area contributed by atoms with Crippen LogP contribution in [-0.2, 0) is 4.74 Å². The van der Waals surface area contributed by atoms with Crippen LogP contribution >= 0.6 is 0 Å². The zero-order valence-corrected chi connectivity index (χ0v) is 11.8. The summed E-state index contributed by atoms with van der Waals surface area (Å²) in [6.07, 6.45) is 3.42. The van der Waals surface area contributed by atoms with Crippen LogP contribution in [0, 0.1) is 5.92 Å². The molecule has 0 spiro atoms. The lowest BCUT2D eigenvalue weighted by molar-refractivity contribution is 0.0106. The Morgan fingerprint density at radius 1 is 1.29 bits per heavy atom. The molecule has 0 aromatic heterocycles. The Morgan fingerprint density at radius 2 is 2.06 bits per heavy atom. The van der Waals surface area contributed by atoms with E-state index in [0.717, 1.165) is 13.1 Å². The van der Waals surface area contributed by atoms with Crippen molar-refractivity contribution in [2.45, 2.75) is 64.8 Å². The normalized spacial score (nSPS) is 40.1. The zero-order valence-electron chi connectivity index (χ0n) is 11.8. The van der Waals surface area contributed by atoms with Gasteiger partial charge in [-0.05, 0) is 32.6 Å². The minimum atomic E-state index is 0.471. The number of nitrogens with one attached hydrogen (secondary N) is 1. The van der Waals surface area contributed by atoms with Gasteiger partial charge in [0.1, 0.15) is 0 Å². The SMILES string of the molecule is CC1CCC(CN2CC(C(C)C)NCC2C)O1. The highest BCUT2D eigenvalue weighted by Crippen LogP contribution is 2.22. The molecule has 100 valence electrons. The van der Waals surface area contributed by atoms with Crippen LogP contribution in [0.3, 0.4) is 0 Å². The second-order valence-corrected chi connectivity index (χ2v) is 6.21. The molecule has 2 heterocycles. The van der Waals surface area contributed by atoms with Crippen LogP contribution in [0.5, 0.6) is 0 Å². The van der Waals surface area contributed by atoms with Crippen LogP contribution in [0.4, 0.5) is 0 Å². The van der Waals surface area contributed by atoms with Crippen LogP contribution < -0.4 is 5.32 Å². The highest BCUT2D eigenvalue weighted by Gasteiger charge is 2.30. The zero-order chi connectivity index (χ0) is 12.4. The molecule has 0 aliphatic carbocycles. The van der Waals surface area contributed by atoms with Crippen molar-refractivity contribution >= 4 is 0 Å². The van der Waals surface area contributed by atoms with E-state index in [4.69, 9.17) is 4.74 Å². The van der Waals surface area contributed by atoms with Gasteiger partial charge in [0.05, 0.1) is 12.2 Å². The molecule has 4 atom stereocenters. The van der Waals surface area contributed by atoms with Gasteiger partial charge in [-0.2, -0.15) is 0 Å². The molecular formula is C14H28N2O. The summed E-state index contributed by atoms with van der Waals surface area (Å²) in [5, 5.41) is 3.65. The van der Waals surface area contributed by atoms with Crippen molar-refractivity contribution in [3.05, 3.63) is 0 Å². The van der Waals surface area contributed by atoms with E-state index in [1.165, 1.54) is 19.4 Å². The van der Waals surface area contributed by atoms with Gasteiger partial charge < -0.3 is 10.1 Å². The summed E-state index contributed by atoms with van der Waals surface area (Å²) in [4.78, 5) is 2.61. The molecule has 0 amide bonds. The lowest BCUT2D eigenvalue weighted by atomic mass is 9.99. The molecule has 4 unspecified atom stereocenters. The largest absolute Gasteiger partial charge is 0.374 e. The Morgan fingerprint density at radius 3 is 2.65 bits per heavy atom. The molecule has 0 saturated carbocycles. The van der Waals surface area contributed by atoms with Gasteiger partial charge in [0.25, 0.3) is 0 Å². The fourth-order valence-corrected chi connectivity index (χ4v) is 2.93. The summed E-state index contributed by atoms with van der Waals surface area (Å²) in [6, 6.07) is 1.29. The molecule has 3 nitrogen and oxygen atoms in total. The van der Waals surface area contributed by atoms with Crippen molar-refractivity contribution in [3.8, 4) is 0 Å². The van der Waals surface area contributed by atoms with Crippen molar-refractivity contribution in [3.63, 3.8) is 0 Å². The van der Waals surface area contributed by atoms with Crippen LogP contribution in [0.1, 0.15) is 40.5 Å². The number of rotatable bonds is 3. The number of nitrogens with zero attached hydrogens (tertiary/aromatic N) is 1. The van der Waals surface area contributed by atoms with E-state index in [0.29, 0.717) is 30.2 Å². The van der Waals surface area contributed by atoms with E-state index in [9.17, 15) is 0 Å². The minimum absolute atomic E-state index is 0.471. The molecule has 1 N–H and O–H groups in total. The van der Waals surface area contributed by atoms with Crippen LogP contribution in [0.25, 0.3) is 0 Å². The second kappa shape index (κ2) is 5.68. The third-order valence-electron chi connectivity index (χ3n) is 4.29. The lowest BCUT2D eigenvalue weighted by Gasteiger charge is -2.41. The average Bonchev–Trinajstić information content (AvgIpc) is 2.67. The number of hydrogen-bond acceptors (Lipinski definition) is 3. The first-order valence-corrected chi connectivity index (χ1v) is 7.19. The van der Waals surface area contributed by atoms with Crippen molar-refractivity contribution in [1.29, 1.82) is 0 Å². The summed E-state index contributed by atoms with van der Waals surface area (Å²) in [7, 11) is 0. The molecule has 2 fully saturated rings. The third-order valence-corrected chi connectivity index (χ3v) is 4.29. The number of hydrogen-bond donors (Lipinski definition) is 1. The topological polar surface area (TPSA) is 24.5 Å². The molecular weight excluding hydrogens is 212 g/mol. The summed E-state index contributed by atoms with van der Waals surface area (Å²) < 4.78 is 5.95. The maximum Gasteiger partial charge on any atom is 0.0706 e. The van der Waals surface area contributed by atoms with Crippen molar-refractivity contribution in [2.24, 2.45) is 5.92 Å². The van der Waals surface area contributed by atoms with Gasteiger partial charge >= 0.3 is 0 Å². The molecule has 3 heteroatoms. The lowest BCUT2D eigenvalue weighted by Crippen LogP contribution is -2.58. The van der Waals surface area contributed by atoms with E-state index in [-0.39, 0.29) is 0 Å². The molecule has 0 bridgehead atoms. The third kappa shape index (κ3) is 3.43. The van der Waals surface area contributed by atoms with E-state index >= 15 is 0 Å². The maximum absolute atomic E-state index is 5.95. The van der Waals surface area contributed by atoms with Gasteiger partial charge in [0.15, 0.2) is 0 Å². The minimum Gasteiger partial charge on any atom is -0.374 e. The molecule has 2 aliphatic heterocycles. The Hall–Kier alpha value is -0.120. The Labute approximate surface area is 106 Å². The summed E-state index contributed by atoms with van der Waals surface area (Å²) >= 11 is 0. The Bertz CT molecular complexity index is 244. The van der Waals surface area contributed by atoms with Gasteiger partial charge in [0, 0.05) is 31.7 Å². The van der Waals surface area contributed by atoms with Crippen molar-refractivity contribution in [1.82, 2.24) is 10.2 Å². The predicted molar refractivity (Wildman–Crippen MR) is 71.2 cm³/mol. The van der Waals surface area contributed by atoms with Crippen LogP contribution in [0.15, 0.2) is 0 Å². The molecule has 2 aliphatic rings. The molecule has 0 radical (unpaired) electrons. The van der Waals surface area contributed by atoms with Crippen LogP contribution in [-0.4, -0.2) is 48.8 Å². The van der Waals surface area contributed by atoms with Crippen molar-refractivity contribution < 1.29 is 4.74 Å². The van der Waals surface area contributed by atoms with E-state index in [1.807, 2.05) is 0 Å². The van der Waals surface area contributed by atoms with E-state index in [1.54, 1.807) is 0 Å². The van der Waals surface area contributed by atoms with Gasteiger partial charge in [-0.25, -0.2) is 0 Å². The van der Waals surface area contributed by atoms with Crippen molar-refractivity contribution in [2.75, 3.05) is 19.6 Å². The summed E-state index contributed by atoms with van der Waals surface area (Å²) in [6.45, 7) is 12.5. The predicted octanol–water partition coefficient (Wildman–Crippen LogP) is 1.87. The van der Waals surface area contributed by atoms with Gasteiger partial charge in [-0.1, -0.05) is 13.8 Å². The molecule has 0 aromatic carbocycles. The number of ether oxygens (including phenoxy) is 1. The fraction of sp³-hybridized carbons (Fsp3) is 1.00. The molecule has 2 saturated heterocycles. The molecule has 2 rings (SSSR count). The Kier molecular flexibility index (Phi) is 4.45. The fourth-order valence-electron chi connectivity index (χ4n) is 2.93.